The highest BCUT2D eigenvalue weighted by molar-refractivity contribution is 7.89. The molecule has 1 aliphatic heterocycles. The van der Waals surface area contributed by atoms with Crippen LogP contribution in [0.5, 0.6) is 0 Å². The fourth-order valence-corrected chi connectivity index (χ4v) is 5.79. The van der Waals surface area contributed by atoms with Gasteiger partial charge in [-0.25, -0.2) is 8.42 Å². The average Bonchev–Trinajstić information content (AvgIpc) is 2.83. The number of carbonyl (C=O) groups excluding carboxylic acids is 2. The number of piperidine rings is 1. The molecule has 172 valence electrons. The minimum Gasteiger partial charge on any atom is -0.349 e. The molecule has 0 spiro atoms. The number of amides is 1. The summed E-state index contributed by atoms with van der Waals surface area (Å²) >= 11 is 0. The maximum absolute atomic E-state index is 13.0. The minimum atomic E-state index is -3.70. The lowest BCUT2D eigenvalue weighted by Crippen LogP contribution is -2.43. The average molecular weight is 465 g/mol. The van der Waals surface area contributed by atoms with Crippen molar-refractivity contribution in [1.82, 2.24) is 9.62 Å². The Morgan fingerprint density at radius 3 is 2.33 bits per heavy atom. The van der Waals surface area contributed by atoms with Gasteiger partial charge in [0.15, 0.2) is 5.78 Å². The van der Waals surface area contributed by atoms with Crippen LogP contribution in [0.25, 0.3) is 10.8 Å². The molecule has 3 aromatic rings. The number of Topliss-reactive ketones (excluding diaryl/α,β-unsaturated/α-hetero) is 1. The van der Waals surface area contributed by atoms with E-state index < -0.39 is 10.0 Å². The first kappa shape index (κ1) is 23.1. The molecular formula is C26H28N2O4S. The van der Waals surface area contributed by atoms with E-state index in [1.165, 1.54) is 23.4 Å². The van der Waals surface area contributed by atoms with Gasteiger partial charge in [0.2, 0.25) is 15.9 Å². The van der Waals surface area contributed by atoms with Crippen molar-refractivity contribution in [2.75, 3.05) is 13.1 Å². The maximum atomic E-state index is 13.0. The molecule has 1 fully saturated rings. The first-order valence-electron chi connectivity index (χ1n) is 11.2. The fraction of sp³-hybridized carbons (Fsp3) is 0.308. The molecule has 1 N–H and O–H groups in total. The summed E-state index contributed by atoms with van der Waals surface area (Å²) < 4.78 is 27.5. The normalized spacial score (nSPS) is 16.4. The lowest BCUT2D eigenvalue weighted by Gasteiger charge is -2.31. The predicted octanol–water partition coefficient (Wildman–Crippen LogP) is 4.32. The van der Waals surface area contributed by atoms with Crippen molar-refractivity contribution in [2.45, 2.75) is 37.6 Å². The van der Waals surface area contributed by atoms with Crippen molar-refractivity contribution < 1.29 is 18.0 Å². The molecule has 0 aromatic heterocycles. The Bertz CT molecular complexity index is 1290. The molecule has 0 bridgehead atoms. The highest BCUT2D eigenvalue weighted by atomic mass is 32.2. The smallest absolute Gasteiger partial charge is 0.243 e. The number of hydrogen-bond donors (Lipinski definition) is 1. The Morgan fingerprint density at radius 2 is 1.64 bits per heavy atom. The zero-order valence-electron chi connectivity index (χ0n) is 18.8. The Hall–Kier alpha value is -3.03. The summed E-state index contributed by atoms with van der Waals surface area (Å²) in [5.74, 6) is -0.461. The molecular weight excluding hydrogens is 436 g/mol. The molecule has 1 aliphatic rings. The molecule has 1 amide bonds. The summed E-state index contributed by atoms with van der Waals surface area (Å²) in [5, 5.41) is 5.37. The highest BCUT2D eigenvalue weighted by Crippen LogP contribution is 2.26. The van der Waals surface area contributed by atoms with Crippen LogP contribution >= 0.6 is 0 Å². The standard InChI is InChI=1S/C26H28N2O4S/c1-18(22-11-10-20-6-3-4-7-24(20)16-22)27-26(30)21-12-14-28(15-13-21)33(31,32)25-9-5-8-23(17-25)19(2)29/h3-11,16-18,21H,12-15H2,1-2H3,(H,27,30). The van der Waals surface area contributed by atoms with Gasteiger partial charge in [-0.2, -0.15) is 4.31 Å². The van der Waals surface area contributed by atoms with Crippen molar-refractivity contribution in [2.24, 2.45) is 5.92 Å². The topological polar surface area (TPSA) is 83.6 Å². The van der Waals surface area contributed by atoms with Gasteiger partial charge >= 0.3 is 0 Å². The van der Waals surface area contributed by atoms with E-state index in [0.29, 0.717) is 18.4 Å². The largest absolute Gasteiger partial charge is 0.349 e. The third-order valence-corrected chi connectivity index (χ3v) is 8.23. The summed E-state index contributed by atoms with van der Waals surface area (Å²) in [4.78, 5) is 24.6. The van der Waals surface area contributed by atoms with Crippen LogP contribution in [0, 0.1) is 5.92 Å². The van der Waals surface area contributed by atoms with Crippen molar-refractivity contribution >= 4 is 32.5 Å². The van der Waals surface area contributed by atoms with Gasteiger partial charge < -0.3 is 5.32 Å². The number of fused-ring (bicyclic) bond motifs is 1. The van der Waals surface area contributed by atoms with Gasteiger partial charge in [0.1, 0.15) is 0 Å². The molecule has 1 unspecified atom stereocenters. The Kier molecular flexibility index (Phi) is 6.63. The SMILES string of the molecule is CC(=O)c1cccc(S(=O)(=O)N2CCC(C(=O)NC(C)c3ccc4ccccc4c3)CC2)c1. The molecule has 6 nitrogen and oxygen atoms in total. The predicted molar refractivity (Wildman–Crippen MR) is 128 cm³/mol. The number of nitrogens with zero attached hydrogens (tertiary/aromatic N) is 1. The van der Waals surface area contributed by atoms with Gasteiger partial charge in [-0.05, 0) is 61.2 Å². The lowest BCUT2D eigenvalue weighted by molar-refractivity contribution is -0.126. The van der Waals surface area contributed by atoms with Gasteiger partial charge in [-0.3, -0.25) is 9.59 Å². The molecule has 0 aliphatic carbocycles. The number of rotatable bonds is 6. The van der Waals surface area contributed by atoms with E-state index in [2.05, 4.69) is 29.6 Å². The van der Waals surface area contributed by atoms with Gasteiger partial charge in [0.05, 0.1) is 10.9 Å². The summed E-state index contributed by atoms with van der Waals surface area (Å²) in [7, 11) is -3.70. The molecule has 1 saturated heterocycles. The number of nitrogens with one attached hydrogen (secondary N) is 1. The summed E-state index contributed by atoms with van der Waals surface area (Å²) in [6.07, 6.45) is 0.920. The quantitative estimate of drug-likeness (QED) is 0.551. The van der Waals surface area contributed by atoms with E-state index in [9.17, 15) is 18.0 Å². The lowest BCUT2D eigenvalue weighted by atomic mass is 9.96. The van der Waals surface area contributed by atoms with Gasteiger partial charge in [-0.1, -0.05) is 48.5 Å². The van der Waals surface area contributed by atoms with Crippen LogP contribution in [0.2, 0.25) is 0 Å². The molecule has 0 saturated carbocycles. The van der Waals surface area contributed by atoms with Crippen molar-refractivity contribution in [1.29, 1.82) is 0 Å². The Labute approximate surface area is 194 Å². The third-order valence-electron chi connectivity index (χ3n) is 6.34. The molecule has 33 heavy (non-hydrogen) atoms. The van der Waals surface area contributed by atoms with E-state index >= 15 is 0 Å². The summed E-state index contributed by atoms with van der Waals surface area (Å²) in [5.41, 5.74) is 1.40. The van der Waals surface area contributed by atoms with Gasteiger partial charge in [0.25, 0.3) is 0 Å². The van der Waals surface area contributed by atoms with E-state index in [4.69, 9.17) is 0 Å². The zero-order chi connectivity index (χ0) is 23.6. The fourth-order valence-electron chi connectivity index (χ4n) is 4.27. The van der Waals surface area contributed by atoms with E-state index in [0.717, 1.165) is 16.3 Å². The van der Waals surface area contributed by atoms with Crippen LogP contribution < -0.4 is 5.32 Å². The highest BCUT2D eigenvalue weighted by Gasteiger charge is 2.32. The van der Waals surface area contributed by atoms with E-state index in [1.807, 2.05) is 25.1 Å². The van der Waals surface area contributed by atoms with Crippen LogP contribution in [0.3, 0.4) is 0 Å². The first-order valence-corrected chi connectivity index (χ1v) is 12.6. The van der Waals surface area contributed by atoms with Crippen LogP contribution in [0.1, 0.15) is 48.7 Å². The van der Waals surface area contributed by atoms with Gasteiger partial charge in [-0.15, -0.1) is 0 Å². The second-order valence-corrected chi connectivity index (χ2v) is 10.5. The second kappa shape index (κ2) is 9.45. The second-order valence-electron chi connectivity index (χ2n) is 8.60. The molecule has 0 radical (unpaired) electrons. The first-order chi connectivity index (χ1) is 15.8. The summed E-state index contributed by atoms with van der Waals surface area (Å²) in [6.45, 7) is 3.92. The maximum Gasteiger partial charge on any atom is 0.243 e. The van der Waals surface area contributed by atoms with Crippen LogP contribution in [-0.2, 0) is 14.8 Å². The monoisotopic (exact) mass is 464 g/mol. The number of ketones is 1. The third kappa shape index (κ3) is 4.99. The minimum absolute atomic E-state index is 0.0497. The zero-order valence-corrected chi connectivity index (χ0v) is 19.6. The van der Waals surface area contributed by atoms with E-state index in [-0.39, 0.29) is 41.6 Å². The van der Waals surface area contributed by atoms with Crippen LogP contribution in [0.4, 0.5) is 0 Å². The molecule has 1 heterocycles. The van der Waals surface area contributed by atoms with Crippen molar-refractivity contribution in [3.05, 3.63) is 77.9 Å². The molecule has 1 atom stereocenters. The molecule has 4 rings (SSSR count). The summed E-state index contributed by atoms with van der Waals surface area (Å²) in [6, 6.07) is 20.2. The molecule has 3 aromatic carbocycles. The molecule has 7 heteroatoms. The Balaban J connectivity index is 1.38. The number of sulfonamides is 1. The van der Waals surface area contributed by atoms with Crippen molar-refractivity contribution in [3.8, 4) is 0 Å². The van der Waals surface area contributed by atoms with E-state index in [1.54, 1.807) is 12.1 Å². The Morgan fingerprint density at radius 1 is 0.939 bits per heavy atom. The van der Waals surface area contributed by atoms with Gasteiger partial charge in [0, 0.05) is 24.6 Å². The van der Waals surface area contributed by atoms with Crippen LogP contribution in [0.15, 0.2) is 71.6 Å². The van der Waals surface area contributed by atoms with Crippen LogP contribution in [-0.4, -0.2) is 37.5 Å². The number of benzene rings is 3. The number of carbonyl (C=O) groups is 2. The van der Waals surface area contributed by atoms with Crippen molar-refractivity contribution in [3.63, 3.8) is 0 Å². The number of hydrogen-bond acceptors (Lipinski definition) is 4.